The van der Waals surface area contributed by atoms with Gasteiger partial charge in [-0.1, -0.05) is 0 Å². The van der Waals surface area contributed by atoms with Gasteiger partial charge in [-0.3, -0.25) is 5.41 Å². The SMILES string of the molecule is CC(C)Oc1cc(C(=N)c2cc(N3CC[C@H](F)C3)ncn2)c(N)cn1.[HH]. The summed E-state index contributed by atoms with van der Waals surface area (Å²) in [6.07, 6.45) is 2.47. The average Bonchev–Trinajstić information content (AvgIpc) is 3.02. The van der Waals surface area contributed by atoms with Gasteiger partial charge in [-0.15, -0.1) is 0 Å². The molecule has 2 aromatic rings. The van der Waals surface area contributed by atoms with E-state index in [2.05, 4.69) is 15.0 Å². The Morgan fingerprint density at radius 1 is 1.40 bits per heavy atom. The Morgan fingerprint density at radius 2 is 2.20 bits per heavy atom. The first-order chi connectivity index (χ1) is 11.9. The van der Waals surface area contributed by atoms with Gasteiger partial charge in [-0.05, 0) is 20.3 Å². The fourth-order valence-corrected chi connectivity index (χ4v) is 2.69. The van der Waals surface area contributed by atoms with Crippen LogP contribution in [0.1, 0.15) is 33.0 Å². The third-order valence-corrected chi connectivity index (χ3v) is 3.90. The molecule has 1 fully saturated rings. The van der Waals surface area contributed by atoms with Gasteiger partial charge in [0, 0.05) is 25.7 Å². The highest BCUT2D eigenvalue weighted by Crippen LogP contribution is 2.23. The van der Waals surface area contributed by atoms with E-state index in [0.29, 0.717) is 48.2 Å². The molecule has 1 atom stereocenters. The lowest BCUT2D eigenvalue weighted by Crippen LogP contribution is -2.22. The van der Waals surface area contributed by atoms with Crippen molar-refractivity contribution in [3.05, 3.63) is 35.9 Å². The van der Waals surface area contributed by atoms with Gasteiger partial charge in [-0.25, -0.2) is 19.3 Å². The predicted octanol–water partition coefficient (Wildman–Crippen LogP) is 2.45. The summed E-state index contributed by atoms with van der Waals surface area (Å²) in [5, 5.41) is 8.45. The van der Waals surface area contributed by atoms with Crippen molar-refractivity contribution in [2.24, 2.45) is 0 Å². The van der Waals surface area contributed by atoms with Crippen LogP contribution in [0.5, 0.6) is 5.88 Å². The lowest BCUT2D eigenvalue weighted by molar-refractivity contribution is 0.232. The van der Waals surface area contributed by atoms with Gasteiger partial charge in [0.15, 0.2) is 0 Å². The minimum atomic E-state index is -0.843. The van der Waals surface area contributed by atoms with Crippen LogP contribution >= 0.6 is 0 Å². The molecule has 0 amide bonds. The van der Waals surface area contributed by atoms with Gasteiger partial charge in [0.2, 0.25) is 5.88 Å². The summed E-state index contributed by atoms with van der Waals surface area (Å²) in [4.78, 5) is 14.3. The van der Waals surface area contributed by atoms with Crippen LogP contribution < -0.4 is 15.4 Å². The number of hydrogen-bond donors (Lipinski definition) is 2. The first kappa shape index (κ1) is 17.1. The Labute approximate surface area is 147 Å². The molecule has 3 N–H and O–H groups in total. The fraction of sp³-hybridized carbons (Fsp3) is 0.412. The zero-order valence-corrected chi connectivity index (χ0v) is 14.2. The van der Waals surface area contributed by atoms with Gasteiger partial charge < -0.3 is 15.4 Å². The van der Waals surface area contributed by atoms with Gasteiger partial charge in [-0.2, -0.15) is 0 Å². The maximum absolute atomic E-state index is 13.4. The average molecular weight is 346 g/mol. The lowest BCUT2D eigenvalue weighted by Gasteiger charge is -2.17. The minimum Gasteiger partial charge on any atom is -0.475 e. The molecule has 0 saturated carbocycles. The Bertz CT molecular complexity index is 788. The topological polar surface area (TPSA) is 101 Å². The summed E-state index contributed by atoms with van der Waals surface area (Å²) >= 11 is 0. The molecular formula is C17H23FN6O. The number of nitrogens with two attached hydrogens (primary N) is 1. The zero-order valence-electron chi connectivity index (χ0n) is 14.2. The summed E-state index contributed by atoms with van der Waals surface area (Å²) in [6.45, 7) is 4.71. The summed E-state index contributed by atoms with van der Waals surface area (Å²) in [5.41, 5.74) is 7.39. The van der Waals surface area contributed by atoms with E-state index in [1.165, 1.54) is 12.5 Å². The molecule has 1 saturated heterocycles. The Kier molecular flexibility index (Phi) is 4.78. The Morgan fingerprint density at radius 3 is 2.88 bits per heavy atom. The normalized spacial score (nSPS) is 17.1. The summed E-state index contributed by atoms with van der Waals surface area (Å²) in [7, 11) is 0. The number of alkyl halides is 1. The molecule has 0 spiro atoms. The molecule has 1 aliphatic rings. The molecule has 7 nitrogen and oxygen atoms in total. The number of aromatic nitrogens is 3. The number of hydrogen-bond acceptors (Lipinski definition) is 7. The van der Waals surface area contributed by atoms with E-state index >= 15 is 0 Å². The van der Waals surface area contributed by atoms with E-state index < -0.39 is 6.17 Å². The Balaban J connectivity index is 0.00000243. The number of anilines is 2. The van der Waals surface area contributed by atoms with Crippen molar-refractivity contribution in [3.63, 3.8) is 0 Å². The summed E-state index contributed by atoms with van der Waals surface area (Å²) in [6, 6.07) is 3.32. The van der Waals surface area contributed by atoms with Crippen LogP contribution in [0.3, 0.4) is 0 Å². The van der Waals surface area contributed by atoms with E-state index in [1.807, 2.05) is 18.7 Å². The number of pyridine rings is 1. The van der Waals surface area contributed by atoms with Crippen molar-refractivity contribution in [2.75, 3.05) is 23.7 Å². The van der Waals surface area contributed by atoms with Crippen molar-refractivity contribution in [1.82, 2.24) is 15.0 Å². The van der Waals surface area contributed by atoms with E-state index in [0.717, 1.165) is 0 Å². The fourth-order valence-electron chi connectivity index (χ4n) is 2.69. The van der Waals surface area contributed by atoms with Crippen molar-refractivity contribution < 1.29 is 10.6 Å². The first-order valence-corrected chi connectivity index (χ1v) is 8.16. The van der Waals surface area contributed by atoms with Crippen LogP contribution in [0.15, 0.2) is 24.7 Å². The van der Waals surface area contributed by atoms with Crippen LogP contribution in [-0.4, -0.2) is 46.0 Å². The minimum absolute atomic E-state index is 0. The molecule has 1 aliphatic heterocycles. The molecule has 0 unspecified atom stereocenters. The standard InChI is InChI=1S/C17H21FN6O.H2/c1-10(2)25-16-5-12(13(19)7-21-16)17(20)14-6-15(23-9-22-14)24-4-3-11(18)8-24;/h5-7,9-11,20H,3-4,8,19H2,1-2H3;1H/t11-;/m0./s1. The lowest BCUT2D eigenvalue weighted by atomic mass is 10.1. The first-order valence-electron chi connectivity index (χ1n) is 8.16. The summed E-state index contributed by atoms with van der Waals surface area (Å²) < 4.78 is 19.0. The molecule has 0 aliphatic carbocycles. The maximum atomic E-state index is 13.4. The second-order valence-corrected chi connectivity index (χ2v) is 6.24. The number of ether oxygens (including phenoxy) is 1. The van der Waals surface area contributed by atoms with Crippen molar-refractivity contribution in [3.8, 4) is 5.88 Å². The number of halogens is 1. The molecule has 2 aromatic heterocycles. The van der Waals surface area contributed by atoms with Crippen molar-refractivity contribution in [2.45, 2.75) is 32.5 Å². The van der Waals surface area contributed by atoms with Crippen LogP contribution in [0.2, 0.25) is 0 Å². The Hall–Kier alpha value is -2.77. The second-order valence-electron chi connectivity index (χ2n) is 6.24. The van der Waals surface area contributed by atoms with Gasteiger partial charge >= 0.3 is 0 Å². The monoisotopic (exact) mass is 346 g/mol. The molecule has 0 aromatic carbocycles. The molecule has 25 heavy (non-hydrogen) atoms. The van der Waals surface area contributed by atoms with E-state index in [-0.39, 0.29) is 13.2 Å². The summed E-state index contributed by atoms with van der Waals surface area (Å²) in [5.74, 6) is 1.01. The largest absolute Gasteiger partial charge is 0.475 e. The number of nitrogens with zero attached hydrogens (tertiary/aromatic N) is 4. The highest BCUT2D eigenvalue weighted by molar-refractivity contribution is 6.13. The smallest absolute Gasteiger partial charge is 0.214 e. The maximum Gasteiger partial charge on any atom is 0.214 e. The van der Waals surface area contributed by atoms with Crippen molar-refractivity contribution >= 4 is 17.2 Å². The van der Waals surface area contributed by atoms with Crippen molar-refractivity contribution in [1.29, 1.82) is 5.41 Å². The van der Waals surface area contributed by atoms with E-state index in [4.69, 9.17) is 15.9 Å². The molecule has 134 valence electrons. The molecular weight excluding hydrogens is 323 g/mol. The quantitative estimate of drug-likeness (QED) is 0.807. The molecule has 0 radical (unpaired) electrons. The van der Waals surface area contributed by atoms with Crippen LogP contribution in [0.4, 0.5) is 15.9 Å². The number of nitrogens with one attached hydrogen (secondary N) is 1. The molecule has 8 heteroatoms. The highest BCUT2D eigenvalue weighted by atomic mass is 19.1. The molecule has 3 rings (SSSR count). The van der Waals surface area contributed by atoms with Gasteiger partial charge in [0.1, 0.15) is 18.3 Å². The zero-order chi connectivity index (χ0) is 18.0. The predicted molar refractivity (Wildman–Crippen MR) is 96.2 cm³/mol. The van der Waals surface area contributed by atoms with E-state index in [1.54, 1.807) is 12.1 Å². The van der Waals surface area contributed by atoms with E-state index in [9.17, 15) is 4.39 Å². The van der Waals surface area contributed by atoms with Gasteiger partial charge in [0.25, 0.3) is 0 Å². The van der Waals surface area contributed by atoms with Gasteiger partial charge in [0.05, 0.1) is 35.9 Å². The van der Waals surface area contributed by atoms with Crippen LogP contribution in [0.25, 0.3) is 0 Å². The third-order valence-electron chi connectivity index (χ3n) is 3.90. The molecule has 3 heterocycles. The molecule has 0 bridgehead atoms. The number of rotatable bonds is 5. The van der Waals surface area contributed by atoms with Crippen LogP contribution in [-0.2, 0) is 0 Å². The third kappa shape index (κ3) is 3.84. The van der Waals surface area contributed by atoms with Crippen LogP contribution in [0, 0.1) is 5.41 Å². The second kappa shape index (κ2) is 7.00. The number of nitrogen functional groups attached to an aromatic ring is 1. The highest BCUT2D eigenvalue weighted by Gasteiger charge is 2.23.